The maximum absolute atomic E-state index is 11.7. The molecule has 0 amide bonds. The summed E-state index contributed by atoms with van der Waals surface area (Å²) in [5, 5.41) is 0. The molecule has 2 aliphatic heterocycles. The van der Waals surface area contributed by atoms with Gasteiger partial charge in [0.1, 0.15) is 26.4 Å². The van der Waals surface area contributed by atoms with Crippen LogP contribution in [0.2, 0.25) is 0 Å². The molecule has 2 saturated heterocycles. The van der Waals surface area contributed by atoms with Crippen molar-refractivity contribution in [3.8, 4) is 0 Å². The molecule has 2 fully saturated rings. The molecule has 2 unspecified atom stereocenters. The number of carbonyl (C=O) groups excluding carboxylic acids is 2. The highest BCUT2D eigenvalue weighted by atomic mass is 32.2. The van der Waals surface area contributed by atoms with Gasteiger partial charge in [-0.2, -0.15) is 16.8 Å². The Bertz CT molecular complexity index is 650. The molecule has 0 N–H and O–H groups in total. The minimum absolute atomic E-state index is 0.0212. The van der Waals surface area contributed by atoms with E-state index in [-0.39, 0.29) is 39.3 Å². The molecule has 2 atom stereocenters. The Labute approximate surface area is 149 Å². The Kier molecular flexibility index (Phi) is 7.02. The number of hydrogen-bond acceptors (Lipinski definition) is 12. The average Bonchev–Trinajstić information content (AvgIpc) is 3.16. The summed E-state index contributed by atoms with van der Waals surface area (Å²) in [6.45, 7) is -0.911. The van der Waals surface area contributed by atoms with Crippen molar-refractivity contribution in [2.75, 3.05) is 37.9 Å². The van der Waals surface area contributed by atoms with E-state index in [1.54, 1.807) is 0 Å². The van der Waals surface area contributed by atoms with Crippen molar-refractivity contribution >= 4 is 32.5 Å². The third-order valence-electron chi connectivity index (χ3n) is 3.21. The van der Waals surface area contributed by atoms with Crippen molar-refractivity contribution in [3.63, 3.8) is 0 Å². The van der Waals surface area contributed by atoms with Crippen molar-refractivity contribution in [1.82, 2.24) is 0 Å². The second kappa shape index (κ2) is 8.83. The molecule has 2 aliphatic rings. The monoisotopic (exact) mass is 418 g/mol. The summed E-state index contributed by atoms with van der Waals surface area (Å²) >= 11 is 0. The number of unbranched alkanes of at least 4 members (excludes halogenated alkanes) is 1. The van der Waals surface area contributed by atoms with Gasteiger partial charge < -0.3 is 18.9 Å². The second-order valence-corrected chi connectivity index (χ2v) is 8.92. The van der Waals surface area contributed by atoms with Crippen LogP contribution in [0.3, 0.4) is 0 Å². The van der Waals surface area contributed by atoms with Gasteiger partial charge in [-0.25, -0.2) is 9.59 Å². The number of carbonyl (C=O) groups is 2. The maximum Gasteiger partial charge on any atom is 0.508 e. The van der Waals surface area contributed by atoms with E-state index >= 15 is 0 Å². The second-order valence-electron chi connectivity index (χ2n) is 5.40. The number of cyclic esters (lactones) is 4. The SMILES string of the molecule is O=C1OCC(COS(=O)(=O)CCCCS(=O)(=O)OCC2COC(=O)O2)O1. The summed E-state index contributed by atoms with van der Waals surface area (Å²) in [6, 6.07) is 0. The van der Waals surface area contributed by atoms with Gasteiger partial charge in [0.05, 0.1) is 11.5 Å². The molecule has 0 aromatic heterocycles. The van der Waals surface area contributed by atoms with Gasteiger partial charge in [0, 0.05) is 0 Å². The smallest absolute Gasteiger partial charge is 0.430 e. The lowest BCUT2D eigenvalue weighted by atomic mass is 10.4. The Balaban J connectivity index is 1.60. The van der Waals surface area contributed by atoms with E-state index in [1.807, 2.05) is 0 Å². The Morgan fingerprint density at radius 3 is 1.46 bits per heavy atom. The summed E-state index contributed by atoms with van der Waals surface area (Å²) < 4.78 is 74.3. The van der Waals surface area contributed by atoms with E-state index in [2.05, 4.69) is 18.9 Å². The molecule has 0 aromatic carbocycles. The van der Waals surface area contributed by atoms with E-state index in [9.17, 15) is 26.4 Å². The van der Waals surface area contributed by atoms with Crippen molar-refractivity contribution in [2.24, 2.45) is 0 Å². The highest BCUT2D eigenvalue weighted by Gasteiger charge is 2.28. The predicted molar refractivity (Wildman–Crippen MR) is 81.2 cm³/mol. The molecule has 0 aliphatic carbocycles. The summed E-state index contributed by atoms with van der Waals surface area (Å²) in [6.07, 6.45) is -3.32. The fourth-order valence-electron chi connectivity index (χ4n) is 1.93. The van der Waals surface area contributed by atoms with E-state index in [4.69, 9.17) is 8.37 Å². The van der Waals surface area contributed by atoms with Gasteiger partial charge in [-0.3, -0.25) is 8.37 Å². The van der Waals surface area contributed by atoms with E-state index in [0.717, 1.165) is 0 Å². The summed E-state index contributed by atoms with van der Waals surface area (Å²) in [4.78, 5) is 21.4. The van der Waals surface area contributed by atoms with Crippen LogP contribution in [0.5, 0.6) is 0 Å². The van der Waals surface area contributed by atoms with Crippen molar-refractivity contribution in [2.45, 2.75) is 25.0 Å². The summed E-state index contributed by atoms with van der Waals surface area (Å²) in [5.41, 5.74) is 0. The summed E-state index contributed by atoms with van der Waals surface area (Å²) in [5.74, 6) is -0.809. The van der Waals surface area contributed by atoms with Gasteiger partial charge in [0.2, 0.25) is 0 Å². The van der Waals surface area contributed by atoms with Crippen LogP contribution in [0, 0.1) is 0 Å². The molecule has 14 heteroatoms. The maximum atomic E-state index is 11.7. The topological polar surface area (TPSA) is 158 Å². The summed E-state index contributed by atoms with van der Waals surface area (Å²) in [7, 11) is -7.78. The minimum atomic E-state index is -3.89. The third kappa shape index (κ3) is 7.31. The first kappa shape index (κ1) is 20.7. The first-order chi connectivity index (χ1) is 12.2. The Morgan fingerprint density at radius 1 is 0.769 bits per heavy atom. The molecule has 0 spiro atoms. The standard InChI is InChI=1S/C12H18O12S2/c13-11-19-5-9(23-11)7-21-25(15,16)3-1-2-4-26(17,18)22-8-10-6-20-12(14)24-10/h9-10H,1-8H2. The predicted octanol–water partition coefficient (Wildman–Crippen LogP) is -0.470. The van der Waals surface area contributed by atoms with Gasteiger partial charge in [-0.15, -0.1) is 0 Å². The van der Waals surface area contributed by atoms with Crippen molar-refractivity contribution in [1.29, 1.82) is 0 Å². The highest BCUT2D eigenvalue weighted by molar-refractivity contribution is 7.87. The normalized spacial score (nSPS) is 23.2. The average molecular weight is 418 g/mol. The number of rotatable bonds is 11. The zero-order chi connectivity index (χ0) is 19.2. The van der Waals surface area contributed by atoms with Gasteiger partial charge >= 0.3 is 12.3 Å². The van der Waals surface area contributed by atoms with Crippen LogP contribution >= 0.6 is 0 Å². The van der Waals surface area contributed by atoms with Crippen LogP contribution in [-0.4, -0.2) is 79.3 Å². The first-order valence-corrected chi connectivity index (χ1v) is 10.7. The highest BCUT2D eigenvalue weighted by Crippen LogP contribution is 2.11. The van der Waals surface area contributed by atoms with E-state index in [1.165, 1.54) is 0 Å². The van der Waals surface area contributed by atoms with Crippen LogP contribution in [0.1, 0.15) is 12.8 Å². The van der Waals surface area contributed by atoms with Gasteiger partial charge in [0.15, 0.2) is 12.2 Å². The Hall–Kier alpha value is -1.64. The molecule has 0 radical (unpaired) electrons. The van der Waals surface area contributed by atoms with Crippen molar-refractivity contribution in [3.05, 3.63) is 0 Å². The molecule has 2 rings (SSSR count). The molecule has 0 saturated carbocycles. The van der Waals surface area contributed by atoms with Crippen LogP contribution in [0.15, 0.2) is 0 Å². The van der Waals surface area contributed by atoms with E-state index < -0.39 is 56.3 Å². The molecule has 150 valence electrons. The quantitative estimate of drug-likeness (QED) is 0.242. The molecule has 0 bridgehead atoms. The first-order valence-electron chi connectivity index (χ1n) is 7.56. The lowest BCUT2D eigenvalue weighted by Crippen LogP contribution is -2.23. The van der Waals surface area contributed by atoms with Gasteiger partial charge in [0.25, 0.3) is 20.2 Å². The van der Waals surface area contributed by atoms with Crippen molar-refractivity contribution < 1.29 is 53.7 Å². The van der Waals surface area contributed by atoms with Crippen LogP contribution in [0.4, 0.5) is 9.59 Å². The lowest BCUT2D eigenvalue weighted by molar-refractivity contribution is 0.0990. The fourth-order valence-corrected chi connectivity index (χ4v) is 4.00. The molecule has 26 heavy (non-hydrogen) atoms. The Morgan fingerprint density at radius 2 is 1.15 bits per heavy atom. The number of hydrogen-bond donors (Lipinski definition) is 0. The largest absolute Gasteiger partial charge is 0.508 e. The van der Waals surface area contributed by atoms with Crippen LogP contribution in [0.25, 0.3) is 0 Å². The fraction of sp³-hybridized carbons (Fsp3) is 0.833. The van der Waals surface area contributed by atoms with Gasteiger partial charge in [-0.1, -0.05) is 0 Å². The molecule has 0 aromatic rings. The lowest BCUT2D eigenvalue weighted by Gasteiger charge is -2.09. The van der Waals surface area contributed by atoms with Gasteiger partial charge in [-0.05, 0) is 12.8 Å². The van der Waals surface area contributed by atoms with Crippen LogP contribution in [-0.2, 0) is 47.5 Å². The molecular formula is C12H18O12S2. The molecule has 12 nitrogen and oxygen atoms in total. The molecular weight excluding hydrogens is 400 g/mol. The van der Waals surface area contributed by atoms with Crippen LogP contribution < -0.4 is 0 Å². The zero-order valence-corrected chi connectivity index (χ0v) is 15.2. The number of ether oxygens (including phenoxy) is 4. The zero-order valence-electron chi connectivity index (χ0n) is 13.5. The third-order valence-corrected chi connectivity index (χ3v) is 5.77. The molecule has 2 heterocycles. The minimum Gasteiger partial charge on any atom is -0.430 e. The van der Waals surface area contributed by atoms with E-state index in [0.29, 0.717) is 0 Å².